The van der Waals surface area contributed by atoms with E-state index in [1.807, 2.05) is 18.2 Å². The number of thioether (sulfide) groups is 1. The molecule has 2 aromatic rings. The van der Waals surface area contributed by atoms with Crippen molar-refractivity contribution in [3.05, 3.63) is 48.0 Å². The van der Waals surface area contributed by atoms with Gasteiger partial charge in [0.1, 0.15) is 6.29 Å². The van der Waals surface area contributed by atoms with E-state index >= 15 is 0 Å². The van der Waals surface area contributed by atoms with Crippen molar-refractivity contribution in [3.8, 4) is 11.3 Å². The molecule has 1 aromatic carbocycles. The predicted molar refractivity (Wildman–Crippen MR) is 100 cm³/mol. The highest BCUT2D eigenvalue weighted by Crippen LogP contribution is 2.35. The van der Waals surface area contributed by atoms with E-state index in [0.29, 0.717) is 11.5 Å². The molecule has 0 fully saturated rings. The zero-order valence-electron chi connectivity index (χ0n) is 14.9. The van der Waals surface area contributed by atoms with E-state index in [4.69, 9.17) is 5.11 Å². The molecule has 1 N–H and O–H groups in total. The number of hydrogen-bond acceptors (Lipinski definition) is 4. The van der Waals surface area contributed by atoms with Crippen molar-refractivity contribution in [2.45, 2.75) is 42.9 Å². The van der Waals surface area contributed by atoms with Crippen LogP contribution < -0.4 is 0 Å². The summed E-state index contributed by atoms with van der Waals surface area (Å²) in [5.41, 5.74) is 1.42. The largest absolute Gasteiger partial charge is 0.396 e. The molecule has 0 amide bonds. The maximum Gasteiger partial charge on any atom is 0.273 e. The second-order valence-electron chi connectivity index (χ2n) is 6.43. The average molecular weight is 379 g/mol. The Kier molecular flexibility index (Phi) is 7.29. The van der Waals surface area contributed by atoms with Gasteiger partial charge in [-0.05, 0) is 18.6 Å². The first-order valence-corrected chi connectivity index (χ1v) is 9.42. The van der Waals surface area contributed by atoms with Crippen LogP contribution in [0, 0.1) is 5.92 Å². The van der Waals surface area contributed by atoms with Crippen molar-refractivity contribution in [1.82, 2.24) is 4.98 Å². The number of carbonyl (C=O) groups excluding carboxylic acids is 1. The number of hydrogen-bond donors (Lipinski definition) is 1. The van der Waals surface area contributed by atoms with E-state index in [9.17, 15) is 13.6 Å². The van der Waals surface area contributed by atoms with Gasteiger partial charge in [-0.2, -0.15) is 0 Å². The van der Waals surface area contributed by atoms with Crippen LogP contribution in [0.1, 0.15) is 32.3 Å². The van der Waals surface area contributed by atoms with E-state index in [1.54, 1.807) is 23.9 Å². The van der Waals surface area contributed by atoms with Gasteiger partial charge in [0, 0.05) is 28.7 Å². The summed E-state index contributed by atoms with van der Waals surface area (Å²) in [6.45, 7) is 3.76. The molecule has 0 radical (unpaired) electrons. The van der Waals surface area contributed by atoms with Crippen LogP contribution in [-0.2, 0) is 10.7 Å². The number of aldehydes is 1. The minimum absolute atomic E-state index is 0.0508. The minimum atomic E-state index is -3.04. The Hall–Kier alpha value is -1.79. The van der Waals surface area contributed by atoms with E-state index in [-0.39, 0.29) is 12.0 Å². The van der Waals surface area contributed by atoms with Gasteiger partial charge in [-0.3, -0.25) is 0 Å². The van der Waals surface area contributed by atoms with Gasteiger partial charge >= 0.3 is 0 Å². The molecular formula is C20H23F2NO2S. The molecule has 1 heterocycles. The Bertz CT molecular complexity index is 720. The van der Waals surface area contributed by atoms with Crippen LogP contribution >= 0.6 is 11.8 Å². The Morgan fingerprint density at radius 3 is 2.46 bits per heavy atom. The Morgan fingerprint density at radius 1 is 1.19 bits per heavy atom. The lowest BCUT2D eigenvalue weighted by molar-refractivity contribution is -0.113. The summed E-state index contributed by atoms with van der Waals surface area (Å²) in [5.74, 6) is -3.79. The fraction of sp³-hybridized carbons (Fsp3) is 0.400. The number of pyridine rings is 1. The van der Waals surface area contributed by atoms with Gasteiger partial charge in [-0.1, -0.05) is 44.2 Å². The molecule has 26 heavy (non-hydrogen) atoms. The number of alkyl halides is 2. The molecular weight excluding hydrogens is 356 g/mol. The van der Waals surface area contributed by atoms with E-state index in [0.717, 1.165) is 16.3 Å². The number of aromatic nitrogens is 1. The fourth-order valence-corrected chi connectivity index (χ4v) is 3.27. The third kappa shape index (κ3) is 5.61. The summed E-state index contributed by atoms with van der Waals surface area (Å²) >= 11 is 1.65. The summed E-state index contributed by atoms with van der Waals surface area (Å²) < 4.78 is 28.6. The first-order chi connectivity index (χ1) is 12.4. The number of benzene rings is 1. The van der Waals surface area contributed by atoms with Gasteiger partial charge in [-0.25, -0.2) is 13.8 Å². The molecule has 0 aliphatic heterocycles. The fourth-order valence-electron chi connectivity index (χ4n) is 2.48. The number of aliphatic hydroxyl groups excluding tert-OH is 1. The third-order valence-corrected chi connectivity index (χ3v) is 4.88. The number of nitrogens with zero attached hydrogens (tertiary/aromatic N) is 1. The zero-order chi connectivity index (χ0) is 19.2. The van der Waals surface area contributed by atoms with Gasteiger partial charge in [-0.15, -0.1) is 11.8 Å². The summed E-state index contributed by atoms with van der Waals surface area (Å²) in [5, 5.41) is 10.3. The van der Waals surface area contributed by atoms with Crippen molar-refractivity contribution >= 4 is 18.0 Å². The standard InChI is InChI=1S/C20H23F2NO2S/c1-14(2)26-19-5-3-4-18(23-19)16-6-8-17(9-7-16)20(21,22)11-10-15(12-24)13-25/h3-9,12,14-15,25H,10-11,13H2,1-2H3. The first kappa shape index (κ1) is 20.5. The molecule has 0 aliphatic carbocycles. The summed E-state index contributed by atoms with van der Waals surface area (Å²) in [6, 6.07) is 11.8. The molecule has 3 nitrogen and oxygen atoms in total. The molecule has 1 atom stereocenters. The van der Waals surface area contributed by atoms with Crippen molar-refractivity contribution in [2.24, 2.45) is 5.92 Å². The molecule has 140 valence electrons. The number of aliphatic hydroxyl groups is 1. The predicted octanol–water partition coefficient (Wildman–Crippen LogP) is 4.93. The molecule has 0 bridgehead atoms. The van der Waals surface area contributed by atoms with Crippen LogP contribution in [0.4, 0.5) is 8.78 Å². The van der Waals surface area contributed by atoms with Gasteiger partial charge in [0.2, 0.25) is 0 Å². The van der Waals surface area contributed by atoms with Crippen molar-refractivity contribution in [3.63, 3.8) is 0 Å². The van der Waals surface area contributed by atoms with Gasteiger partial charge in [0.15, 0.2) is 0 Å². The summed E-state index contributed by atoms with van der Waals surface area (Å²) in [6.07, 6.45) is -0.00708. The first-order valence-electron chi connectivity index (χ1n) is 8.54. The van der Waals surface area contributed by atoms with Crippen LogP contribution in [0.3, 0.4) is 0 Å². The summed E-state index contributed by atoms with van der Waals surface area (Å²) in [7, 11) is 0. The van der Waals surface area contributed by atoms with Crippen LogP contribution in [-0.4, -0.2) is 28.2 Å². The quantitative estimate of drug-likeness (QED) is 0.496. The maximum absolute atomic E-state index is 14.3. The van der Waals surface area contributed by atoms with Gasteiger partial charge in [0.05, 0.1) is 17.3 Å². The SMILES string of the molecule is CC(C)Sc1cccc(-c2ccc(C(F)(F)CCC(C=O)CO)cc2)n1. The lowest BCUT2D eigenvalue weighted by Gasteiger charge is -2.18. The van der Waals surface area contributed by atoms with Crippen molar-refractivity contribution < 1.29 is 18.7 Å². The lowest BCUT2D eigenvalue weighted by atomic mass is 9.97. The molecule has 1 unspecified atom stereocenters. The van der Waals surface area contributed by atoms with Crippen molar-refractivity contribution in [2.75, 3.05) is 6.61 Å². The van der Waals surface area contributed by atoms with Crippen LogP contribution in [0.15, 0.2) is 47.5 Å². The van der Waals surface area contributed by atoms with E-state index in [1.165, 1.54) is 12.1 Å². The van der Waals surface area contributed by atoms with Gasteiger partial charge < -0.3 is 9.90 Å². The van der Waals surface area contributed by atoms with E-state index in [2.05, 4.69) is 18.8 Å². The second-order valence-corrected chi connectivity index (χ2v) is 8.02. The molecule has 6 heteroatoms. The highest BCUT2D eigenvalue weighted by molar-refractivity contribution is 7.99. The van der Waals surface area contributed by atoms with Crippen LogP contribution in [0.5, 0.6) is 0 Å². The Balaban J connectivity index is 2.13. The van der Waals surface area contributed by atoms with Crippen LogP contribution in [0.25, 0.3) is 11.3 Å². The van der Waals surface area contributed by atoms with Crippen molar-refractivity contribution in [1.29, 1.82) is 0 Å². The maximum atomic E-state index is 14.3. The molecule has 0 saturated carbocycles. The van der Waals surface area contributed by atoms with E-state index < -0.39 is 24.9 Å². The highest BCUT2D eigenvalue weighted by atomic mass is 32.2. The number of halogens is 2. The highest BCUT2D eigenvalue weighted by Gasteiger charge is 2.32. The molecule has 0 spiro atoms. The van der Waals surface area contributed by atoms with Gasteiger partial charge in [0.25, 0.3) is 5.92 Å². The molecule has 2 rings (SSSR count). The summed E-state index contributed by atoms with van der Waals surface area (Å²) in [4.78, 5) is 15.2. The van der Waals surface area contributed by atoms with Crippen LogP contribution in [0.2, 0.25) is 0 Å². The topological polar surface area (TPSA) is 50.2 Å². The zero-order valence-corrected chi connectivity index (χ0v) is 15.7. The number of rotatable bonds is 9. The normalized spacial score (nSPS) is 13.0. The Labute approximate surface area is 156 Å². The smallest absolute Gasteiger partial charge is 0.273 e. The third-order valence-electron chi connectivity index (χ3n) is 3.94. The lowest BCUT2D eigenvalue weighted by Crippen LogP contribution is -2.17. The average Bonchev–Trinajstić information content (AvgIpc) is 2.62. The monoisotopic (exact) mass is 379 g/mol. The molecule has 0 aliphatic rings. The Morgan fingerprint density at radius 2 is 1.88 bits per heavy atom. The molecule has 1 aromatic heterocycles. The second kappa shape index (κ2) is 9.24. The number of carbonyl (C=O) groups is 1. The minimum Gasteiger partial charge on any atom is -0.396 e. The molecule has 0 saturated heterocycles.